The predicted octanol–water partition coefficient (Wildman–Crippen LogP) is 20.3. The fourth-order valence-electron chi connectivity index (χ4n) is 15.7. The van der Waals surface area contributed by atoms with E-state index in [1.165, 1.54) is 105 Å². The molecule has 0 aliphatic carbocycles. The molecule has 0 aliphatic rings. The van der Waals surface area contributed by atoms with E-state index in [-0.39, 0.29) is 80.7 Å². The molecule has 20 rings (SSSR count). The molecule has 706 valence electrons. The zero-order valence-corrected chi connectivity index (χ0v) is 78.9. The van der Waals surface area contributed by atoms with E-state index in [0.29, 0.717) is 75.1 Å². The maximum atomic E-state index is 14.3. The first kappa shape index (κ1) is 95.7. The fourth-order valence-corrected chi connectivity index (χ4v) is 17.5. The first-order valence-corrected chi connectivity index (χ1v) is 49.8. The smallest absolute Gasteiger partial charge is 0.183 e. The Kier molecular flexibility index (Phi) is 28.4. The Balaban J connectivity index is 0.000000130. The molecule has 0 radical (unpaired) electrons. The number of halogens is 4. The van der Waals surface area contributed by atoms with Gasteiger partial charge in [-0.05, 0) is 150 Å². The van der Waals surface area contributed by atoms with Crippen LogP contribution in [0.25, 0.3) is 112 Å². The summed E-state index contributed by atoms with van der Waals surface area (Å²) in [7, 11) is -10.4. The Labute approximate surface area is 807 Å². The number of rotatable bonds is 27. The topological polar surface area (TPSA) is 357 Å². The lowest BCUT2D eigenvalue weighted by Crippen LogP contribution is -2.11. The van der Waals surface area contributed by atoms with Crippen LogP contribution in [0.15, 0.2) is 356 Å². The maximum Gasteiger partial charge on any atom is 0.183 e. The number of nitrogens with zero attached hydrogens (tertiary/aromatic N) is 16. The minimum atomic E-state index is -3.50. The number of fused-ring (bicyclic) bond motifs is 4. The molecular formula is C106H88F4N20O8S3. The number of carbonyl (C=O) groups excluding carboxylic acids is 2. The molecule has 0 saturated heterocycles. The highest BCUT2D eigenvalue weighted by molar-refractivity contribution is 7.91. The van der Waals surface area contributed by atoms with Crippen LogP contribution < -0.4 is 21.3 Å². The third kappa shape index (κ3) is 22.8. The van der Waals surface area contributed by atoms with Crippen LogP contribution in [0.3, 0.4) is 0 Å². The predicted molar refractivity (Wildman–Crippen MR) is 534 cm³/mol. The standard InChI is InChI=1S/C29H25N5O2.2C26H22FN5O2S.C25H19F2N5O2S/c1-20(35)14-25(36)16-22-15-24(19-30-17-22)28-32-29(31-18-21-8-4-2-5-9-21)27-26(12-13-34(27)33-28)23-10-6-3-7-11-23;2*1-17(18-8-10-21(27)11-9-18)29-26-24-23(19-6-4-3-5-7-19)12-13-32(24)31-25(30-26)20-14-22(16-28-15-20)35(2,33)34;1-35(33,34)18-12-17(13-28-14-18)24-30-25(29-15-20-21(26)8-5-9-22(20)27)23-19(10-11-32(23)31-24)16-6-3-2-4-7-16/h2-13,15,17,19H,14,16,18H2,1H3,(H,31,32,33);2*3-17H,1-2H3,(H,29,30,31);2-14H,15H2,1H3,(H,29,30,31). The van der Waals surface area contributed by atoms with E-state index in [1.807, 2.05) is 195 Å². The summed E-state index contributed by atoms with van der Waals surface area (Å²) >= 11 is 0. The summed E-state index contributed by atoms with van der Waals surface area (Å²) in [6, 6.07) is 79.7. The number of nitrogens with one attached hydrogen (secondary N) is 4. The van der Waals surface area contributed by atoms with Gasteiger partial charge in [0.1, 0.15) is 56.9 Å². The van der Waals surface area contributed by atoms with Gasteiger partial charge in [-0.25, -0.2) is 80.8 Å². The first-order chi connectivity index (χ1) is 68.0. The lowest BCUT2D eigenvalue weighted by atomic mass is 10.1. The van der Waals surface area contributed by atoms with Gasteiger partial charge in [-0.15, -0.1) is 20.4 Å². The average molecular weight is 1940 g/mol. The highest BCUT2D eigenvalue weighted by Crippen LogP contribution is 2.39. The molecule has 0 aliphatic heterocycles. The van der Waals surface area contributed by atoms with Crippen molar-refractivity contribution in [1.82, 2.24) is 78.3 Å². The van der Waals surface area contributed by atoms with Crippen molar-refractivity contribution in [3.8, 4) is 90.1 Å². The van der Waals surface area contributed by atoms with Gasteiger partial charge in [0.2, 0.25) is 0 Å². The SMILES string of the molecule is CC(=O)CC(=O)Cc1cncc(-c2nc(NCc3ccccc3)c3c(-c4ccccc4)ccn3n2)c1.CC(Nc1nc(-c2cncc(S(C)(=O)=O)c2)nn2ccc(-c3ccccc3)c12)c1ccc(F)cc1.CC(Nc1nc(-c2cncc(S(C)(=O)=O)c2)nn2ccc(-c3ccccc3)c12)c1ccc(F)cc1.CS(=O)(=O)c1cncc(-c2nc(NCc3c(F)cccc3F)c3c(-c4ccccc4)ccn3n2)c1. The van der Waals surface area contributed by atoms with Crippen LogP contribution in [0, 0.1) is 23.3 Å². The van der Waals surface area contributed by atoms with Crippen LogP contribution in [0.2, 0.25) is 0 Å². The second-order valence-corrected chi connectivity index (χ2v) is 39.2. The zero-order chi connectivity index (χ0) is 98.6. The Bertz CT molecular complexity index is 8110. The number of carbonyl (C=O) groups is 2. The van der Waals surface area contributed by atoms with Crippen molar-refractivity contribution in [1.29, 1.82) is 0 Å². The van der Waals surface area contributed by atoms with Gasteiger partial charge in [0.05, 0.1) is 33.2 Å². The highest BCUT2D eigenvalue weighted by Gasteiger charge is 2.26. The van der Waals surface area contributed by atoms with Gasteiger partial charge >= 0.3 is 0 Å². The fraction of sp³-hybridized carbons (Fsp3) is 0.113. The molecule has 12 heterocycles. The summed E-state index contributed by atoms with van der Waals surface area (Å²) in [5.41, 5.74) is 16.3. The molecule has 0 bridgehead atoms. The molecular weight excluding hydrogens is 1850 g/mol. The van der Waals surface area contributed by atoms with Crippen molar-refractivity contribution in [2.45, 2.75) is 73.5 Å². The van der Waals surface area contributed by atoms with Gasteiger partial charge in [0.25, 0.3) is 0 Å². The summed E-state index contributed by atoms with van der Waals surface area (Å²) in [6.45, 7) is 5.78. The van der Waals surface area contributed by atoms with E-state index in [2.05, 4.69) is 85.7 Å². The minimum absolute atomic E-state index is 0.0270. The molecule has 2 atom stereocenters. The van der Waals surface area contributed by atoms with Crippen molar-refractivity contribution >= 4 is 86.4 Å². The maximum absolute atomic E-state index is 14.3. The lowest BCUT2D eigenvalue weighted by molar-refractivity contribution is -0.125. The number of Topliss-reactive ketones (excluding diaryl/α,β-unsaturated/α-hetero) is 2. The van der Waals surface area contributed by atoms with E-state index >= 15 is 0 Å². The van der Waals surface area contributed by atoms with Crippen LogP contribution in [0.1, 0.15) is 67.1 Å². The zero-order valence-electron chi connectivity index (χ0n) is 76.5. The second kappa shape index (κ2) is 41.9. The highest BCUT2D eigenvalue weighted by atomic mass is 32.2. The average Bonchev–Trinajstić information content (AvgIpc) is 1.65. The van der Waals surface area contributed by atoms with Gasteiger partial charge < -0.3 is 21.3 Å². The van der Waals surface area contributed by atoms with E-state index < -0.39 is 41.1 Å². The number of aromatic nitrogens is 16. The Morgan fingerprint density at radius 3 is 0.972 bits per heavy atom. The third-order valence-electron chi connectivity index (χ3n) is 22.7. The second-order valence-electron chi connectivity index (χ2n) is 33.1. The van der Waals surface area contributed by atoms with Crippen LogP contribution in [0.5, 0.6) is 0 Å². The molecule has 28 nitrogen and oxygen atoms in total. The normalized spacial score (nSPS) is 11.9. The first-order valence-electron chi connectivity index (χ1n) is 44.2. The Morgan fingerprint density at radius 2 is 0.638 bits per heavy atom. The summed E-state index contributed by atoms with van der Waals surface area (Å²) in [5, 5.41) is 32.0. The van der Waals surface area contributed by atoms with Crippen molar-refractivity contribution in [3.63, 3.8) is 0 Å². The van der Waals surface area contributed by atoms with Crippen molar-refractivity contribution < 1.29 is 52.4 Å². The number of ketones is 2. The summed E-state index contributed by atoms with van der Waals surface area (Å²) < 4.78 is 135. The van der Waals surface area contributed by atoms with Gasteiger partial charge in [-0.1, -0.05) is 182 Å². The van der Waals surface area contributed by atoms with Gasteiger partial charge in [0, 0.05) is 163 Å². The van der Waals surface area contributed by atoms with Crippen molar-refractivity contribution in [3.05, 3.63) is 392 Å². The molecule has 141 heavy (non-hydrogen) atoms. The minimum Gasteiger partial charge on any atom is -0.364 e. The Morgan fingerprint density at radius 1 is 0.333 bits per heavy atom. The van der Waals surface area contributed by atoms with Gasteiger partial charge in [0.15, 0.2) is 76.1 Å². The van der Waals surface area contributed by atoms with Crippen molar-refractivity contribution in [2.24, 2.45) is 0 Å². The largest absolute Gasteiger partial charge is 0.364 e. The van der Waals surface area contributed by atoms with Crippen LogP contribution in [-0.4, -0.2) is 134 Å². The van der Waals surface area contributed by atoms with Gasteiger partial charge in [-0.2, -0.15) is 0 Å². The molecule has 0 saturated carbocycles. The lowest BCUT2D eigenvalue weighted by Gasteiger charge is -2.17. The molecule has 0 fully saturated rings. The quantitative estimate of drug-likeness (QED) is 0.0274. The summed E-state index contributed by atoms with van der Waals surface area (Å²) in [5.74, 6) is 1.22. The molecule has 8 aromatic carbocycles. The molecule has 12 aromatic heterocycles. The third-order valence-corrected chi connectivity index (χ3v) is 26.0. The number of hydrogen-bond acceptors (Lipinski definition) is 24. The molecule has 0 amide bonds. The summed E-state index contributed by atoms with van der Waals surface area (Å²) in [6.07, 6.45) is 22.5. The number of sulfone groups is 3. The van der Waals surface area contributed by atoms with Crippen LogP contribution in [-0.2, 0) is 58.6 Å². The molecule has 35 heteroatoms. The molecule has 20 aromatic rings. The molecule has 4 N–H and O–H groups in total. The molecule has 0 spiro atoms. The van der Waals surface area contributed by atoms with E-state index in [9.17, 15) is 52.4 Å². The van der Waals surface area contributed by atoms with Crippen LogP contribution in [0.4, 0.5) is 40.8 Å². The van der Waals surface area contributed by atoms with E-state index in [4.69, 9.17) is 20.1 Å². The van der Waals surface area contributed by atoms with E-state index in [0.717, 1.165) is 102 Å². The van der Waals surface area contributed by atoms with E-state index in [1.54, 1.807) is 56.4 Å². The number of benzene rings is 8. The summed E-state index contributed by atoms with van der Waals surface area (Å²) in [4.78, 5) is 59.2. The van der Waals surface area contributed by atoms with Crippen molar-refractivity contribution in [2.75, 3.05) is 40.0 Å². The monoisotopic (exact) mass is 1940 g/mol. The number of hydrogen-bond donors (Lipinski definition) is 4. The number of pyridine rings is 4. The van der Waals surface area contributed by atoms with Crippen LogP contribution >= 0.6 is 0 Å². The van der Waals surface area contributed by atoms with Gasteiger partial charge in [-0.3, -0.25) is 29.5 Å². The molecule has 2 unspecified atom stereocenters. The number of anilines is 4. The Hall–Kier alpha value is -17.1.